The Kier molecular flexibility index (Phi) is 6.80. The Morgan fingerprint density at radius 1 is 1.33 bits per heavy atom. The highest BCUT2D eigenvalue weighted by Gasteiger charge is 2.48. The minimum absolute atomic E-state index is 0.00420. The van der Waals surface area contributed by atoms with E-state index in [1.165, 1.54) is 36.0 Å². The molecule has 4 rings (SSSR count). The van der Waals surface area contributed by atoms with Crippen LogP contribution in [0.15, 0.2) is 41.5 Å². The molecule has 3 N–H and O–H groups in total. The molecule has 1 aliphatic heterocycles. The number of alkyl halides is 2. The molecule has 2 heterocycles. The molecule has 3 atom stereocenters. The number of hydrogen-bond acceptors (Lipinski definition) is 7. The maximum atomic E-state index is 15.1. The number of amides is 1. The van der Waals surface area contributed by atoms with Gasteiger partial charge in [-0.1, -0.05) is 11.8 Å². The Bertz CT molecular complexity index is 1050. The largest absolute Gasteiger partial charge is 0.433 e. The SMILES string of the molecule is CO[C@@H]1CC[C@]2(c3cc(NC(=O)c4ccc(OC(F)F)cn4)ccc3F)N=C(N)SC[C@@H]2C1. The third kappa shape index (κ3) is 4.93. The summed E-state index contributed by atoms with van der Waals surface area (Å²) >= 11 is 1.45. The van der Waals surface area contributed by atoms with Crippen LogP contribution >= 0.6 is 11.8 Å². The van der Waals surface area contributed by atoms with Gasteiger partial charge in [-0.05, 0) is 49.6 Å². The fraction of sp³-hybridized carbons (Fsp3) is 0.409. The van der Waals surface area contributed by atoms with Crippen LogP contribution < -0.4 is 15.8 Å². The predicted octanol–water partition coefficient (Wildman–Crippen LogP) is 4.15. The van der Waals surface area contributed by atoms with Gasteiger partial charge in [-0.3, -0.25) is 9.79 Å². The van der Waals surface area contributed by atoms with Crippen molar-refractivity contribution in [1.82, 2.24) is 4.98 Å². The lowest BCUT2D eigenvalue weighted by molar-refractivity contribution is -0.0500. The van der Waals surface area contributed by atoms with E-state index in [0.717, 1.165) is 12.6 Å². The molecule has 1 saturated carbocycles. The highest BCUT2D eigenvalue weighted by Crippen LogP contribution is 2.50. The normalized spacial score (nSPS) is 24.7. The van der Waals surface area contributed by atoms with Gasteiger partial charge in [0.2, 0.25) is 0 Å². The lowest BCUT2D eigenvalue weighted by Crippen LogP contribution is -2.46. The molecule has 0 saturated heterocycles. The Morgan fingerprint density at radius 3 is 2.85 bits per heavy atom. The Hall–Kier alpha value is -2.79. The quantitative estimate of drug-likeness (QED) is 0.645. The van der Waals surface area contributed by atoms with Gasteiger partial charge in [0, 0.05) is 30.0 Å². The summed E-state index contributed by atoms with van der Waals surface area (Å²) in [7, 11) is 1.67. The number of fused-ring (bicyclic) bond motifs is 1. The Balaban J connectivity index is 1.60. The summed E-state index contributed by atoms with van der Waals surface area (Å²) in [6.45, 7) is -2.99. The number of ether oxygens (including phenoxy) is 2. The van der Waals surface area contributed by atoms with Crippen LogP contribution in [0.25, 0.3) is 0 Å². The molecular weight excluding hydrogens is 457 g/mol. The molecule has 2 aliphatic rings. The molecule has 176 valence electrons. The molecule has 7 nitrogen and oxygen atoms in total. The maximum Gasteiger partial charge on any atom is 0.387 e. The molecule has 1 amide bonds. The summed E-state index contributed by atoms with van der Waals surface area (Å²) in [6.07, 6.45) is 3.12. The van der Waals surface area contributed by atoms with E-state index in [0.29, 0.717) is 35.0 Å². The van der Waals surface area contributed by atoms with Crippen molar-refractivity contribution in [2.24, 2.45) is 16.6 Å². The second kappa shape index (κ2) is 9.60. The number of methoxy groups -OCH3 is 1. The molecule has 11 heteroatoms. The second-order valence-electron chi connectivity index (χ2n) is 7.92. The number of carbonyl (C=O) groups is 1. The van der Waals surface area contributed by atoms with E-state index in [9.17, 15) is 13.6 Å². The molecular formula is C22H23F3N4O3S. The molecule has 1 aromatic heterocycles. The number of aliphatic imine (C=N–C) groups is 1. The molecule has 33 heavy (non-hydrogen) atoms. The van der Waals surface area contributed by atoms with Crippen molar-refractivity contribution in [3.8, 4) is 5.75 Å². The lowest BCUT2D eigenvalue weighted by atomic mass is 9.68. The number of hydrogen-bond donors (Lipinski definition) is 2. The zero-order valence-electron chi connectivity index (χ0n) is 17.8. The van der Waals surface area contributed by atoms with E-state index in [4.69, 9.17) is 15.5 Å². The van der Waals surface area contributed by atoms with Gasteiger partial charge in [0.05, 0.1) is 17.8 Å². The van der Waals surface area contributed by atoms with E-state index in [-0.39, 0.29) is 23.5 Å². The number of pyridine rings is 1. The maximum absolute atomic E-state index is 15.1. The number of benzene rings is 1. The first-order chi connectivity index (χ1) is 15.8. The number of thioether (sulfide) groups is 1. The number of rotatable bonds is 6. The minimum atomic E-state index is -2.99. The fourth-order valence-corrected chi connectivity index (χ4v) is 5.44. The van der Waals surface area contributed by atoms with Crippen LogP contribution in [-0.2, 0) is 10.3 Å². The van der Waals surface area contributed by atoms with Gasteiger partial charge in [0.15, 0.2) is 5.17 Å². The van der Waals surface area contributed by atoms with E-state index in [1.54, 1.807) is 13.2 Å². The van der Waals surface area contributed by atoms with Gasteiger partial charge in [0.25, 0.3) is 5.91 Å². The van der Waals surface area contributed by atoms with Crippen LogP contribution in [0.2, 0.25) is 0 Å². The molecule has 1 aromatic carbocycles. The summed E-state index contributed by atoms with van der Waals surface area (Å²) in [5.74, 6) is -0.437. The number of carbonyl (C=O) groups excluding carboxylic acids is 1. The number of nitrogens with two attached hydrogens (primary N) is 1. The van der Waals surface area contributed by atoms with Crippen LogP contribution in [0, 0.1) is 11.7 Å². The number of nitrogens with zero attached hydrogens (tertiary/aromatic N) is 2. The van der Waals surface area contributed by atoms with Gasteiger partial charge < -0.3 is 20.5 Å². The van der Waals surface area contributed by atoms with Crippen LogP contribution in [0.5, 0.6) is 5.75 Å². The van der Waals surface area contributed by atoms with Crippen LogP contribution in [0.3, 0.4) is 0 Å². The topological polar surface area (TPSA) is 98.8 Å². The predicted molar refractivity (Wildman–Crippen MR) is 119 cm³/mol. The third-order valence-electron chi connectivity index (χ3n) is 6.03. The van der Waals surface area contributed by atoms with E-state index in [1.807, 2.05) is 0 Å². The van der Waals surface area contributed by atoms with Crippen molar-refractivity contribution in [2.75, 3.05) is 18.2 Å². The molecule has 0 radical (unpaired) electrons. The van der Waals surface area contributed by atoms with Crippen molar-refractivity contribution in [3.05, 3.63) is 53.6 Å². The smallest absolute Gasteiger partial charge is 0.387 e. The van der Waals surface area contributed by atoms with Crippen molar-refractivity contribution >= 4 is 28.5 Å². The third-order valence-corrected chi connectivity index (χ3v) is 6.99. The van der Waals surface area contributed by atoms with Gasteiger partial charge >= 0.3 is 6.61 Å². The highest BCUT2D eigenvalue weighted by atomic mass is 32.2. The zero-order valence-corrected chi connectivity index (χ0v) is 18.6. The van der Waals surface area contributed by atoms with Gasteiger partial charge in [-0.2, -0.15) is 8.78 Å². The zero-order chi connectivity index (χ0) is 23.6. The average Bonchev–Trinajstić information content (AvgIpc) is 2.79. The fourth-order valence-electron chi connectivity index (χ4n) is 4.43. The van der Waals surface area contributed by atoms with Crippen LogP contribution in [-0.4, -0.2) is 41.6 Å². The summed E-state index contributed by atoms with van der Waals surface area (Å²) in [5.41, 5.74) is 5.94. The van der Waals surface area contributed by atoms with Gasteiger partial charge in [0.1, 0.15) is 17.3 Å². The molecule has 1 fully saturated rings. The molecule has 0 unspecified atom stereocenters. The lowest BCUT2D eigenvalue weighted by Gasteiger charge is -2.46. The van der Waals surface area contributed by atoms with Gasteiger partial charge in [-0.25, -0.2) is 9.37 Å². The first-order valence-electron chi connectivity index (χ1n) is 10.3. The molecule has 0 spiro atoms. The monoisotopic (exact) mass is 480 g/mol. The first-order valence-corrected chi connectivity index (χ1v) is 11.3. The molecule has 2 aromatic rings. The van der Waals surface area contributed by atoms with Crippen molar-refractivity contribution in [3.63, 3.8) is 0 Å². The van der Waals surface area contributed by atoms with Crippen molar-refractivity contribution < 1.29 is 27.4 Å². The number of nitrogens with one attached hydrogen (secondary N) is 1. The summed E-state index contributed by atoms with van der Waals surface area (Å²) < 4.78 is 49.4. The first kappa shape index (κ1) is 23.4. The van der Waals surface area contributed by atoms with Gasteiger partial charge in [-0.15, -0.1) is 0 Å². The highest BCUT2D eigenvalue weighted by molar-refractivity contribution is 8.13. The van der Waals surface area contributed by atoms with E-state index >= 15 is 4.39 Å². The van der Waals surface area contributed by atoms with Crippen molar-refractivity contribution in [1.29, 1.82) is 0 Å². The molecule has 0 bridgehead atoms. The Labute approximate surface area is 193 Å². The number of amidine groups is 1. The average molecular weight is 481 g/mol. The van der Waals surface area contributed by atoms with E-state index in [2.05, 4.69) is 15.0 Å². The minimum Gasteiger partial charge on any atom is -0.433 e. The summed E-state index contributed by atoms with van der Waals surface area (Å²) in [4.78, 5) is 21.2. The van der Waals surface area contributed by atoms with Crippen LogP contribution in [0.4, 0.5) is 18.9 Å². The number of anilines is 1. The van der Waals surface area contributed by atoms with E-state index < -0.39 is 23.9 Å². The van der Waals surface area contributed by atoms with Crippen molar-refractivity contribution in [2.45, 2.75) is 37.5 Å². The second-order valence-corrected chi connectivity index (χ2v) is 8.96. The number of halogens is 3. The molecule has 1 aliphatic carbocycles. The number of aromatic nitrogens is 1. The van der Waals surface area contributed by atoms with Crippen LogP contribution in [0.1, 0.15) is 35.3 Å². The summed E-state index contributed by atoms with van der Waals surface area (Å²) in [6, 6.07) is 6.80. The Morgan fingerprint density at radius 2 is 2.15 bits per heavy atom. The standard InChI is InChI=1S/C22H23F3N4O3S/c1-31-14-6-7-22(12(8-14)11-33-21(26)29-22)16-9-13(2-4-17(16)23)28-19(30)18-5-3-15(10-27-18)32-20(24)25/h2-5,9-10,12,14,20H,6-8,11H2,1H3,(H2,26,29)(H,28,30)/t12-,14+,22-/m0/s1. The summed E-state index contributed by atoms with van der Waals surface area (Å²) in [5, 5.41) is 3.09.